The molecule has 1 heterocycles. The fraction of sp³-hybridized carbons (Fsp3) is 0.727. The molecule has 1 rings (SSSR count). The highest BCUT2D eigenvalue weighted by molar-refractivity contribution is 7.98. The van der Waals surface area contributed by atoms with Crippen molar-refractivity contribution in [3.63, 3.8) is 0 Å². The number of carbonyl (C=O) groups is 3. The Labute approximate surface area is 110 Å². The third-order valence-electron chi connectivity index (χ3n) is 2.58. The summed E-state index contributed by atoms with van der Waals surface area (Å²) in [5.74, 6) is -0.563. The van der Waals surface area contributed by atoms with E-state index in [-0.39, 0.29) is 37.7 Å². The molecule has 102 valence electrons. The van der Waals surface area contributed by atoms with E-state index in [4.69, 9.17) is 0 Å². The minimum absolute atomic E-state index is 0.100. The maximum absolute atomic E-state index is 11.6. The first kappa shape index (κ1) is 15.0. The van der Waals surface area contributed by atoms with Crippen molar-refractivity contribution in [2.45, 2.75) is 25.4 Å². The van der Waals surface area contributed by atoms with Crippen molar-refractivity contribution in [3.05, 3.63) is 0 Å². The fourth-order valence-electron chi connectivity index (χ4n) is 1.65. The van der Waals surface area contributed by atoms with Gasteiger partial charge >= 0.3 is 0 Å². The highest BCUT2D eigenvalue weighted by Gasteiger charge is 2.30. The first-order chi connectivity index (χ1) is 8.35. The summed E-state index contributed by atoms with van der Waals surface area (Å²) in [7, 11) is 0. The van der Waals surface area contributed by atoms with E-state index in [0.717, 1.165) is 4.90 Å². The largest absolute Gasteiger partial charge is 0.387 e. The van der Waals surface area contributed by atoms with E-state index >= 15 is 0 Å². The lowest BCUT2D eigenvalue weighted by Crippen LogP contribution is -2.46. The van der Waals surface area contributed by atoms with Crippen LogP contribution in [0.2, 0.25) is 0 Å². The molecule has 0 saturated carbocycles. The number of imide groups is 1. The summed E-state index contributed by atoms with van der Waals surface area (Å²) < 4.78 is 0. The number of thioether (sulfide) groups is 1. The molecule has 0 aromatic carbocycles. The van der Waals surface area contributed by atoms with E-state index in [9.17, 15) is 19.5 Å². The number of aliphatic hydroxyl groups is 1. The molecule has 0 aromatic rings. The Morgan fingerprint density at radius 3 is 2.50 bits per heavy atom. The van der Waals surface area contributed by atoms with Gasteiger partial charge in [0.05, 0.1) is 5.60 Å². The van der Waals surface area contributed by atoms with Gasteiger partial charge in [-0.1, -0.05) is 0 Å². The zero-order chi connectivity index (χ0) is 13.8. The Morgan fingerprint density at radius 1 is 1.44 bits per heavy atom. The van der Waals surface area contributed by atoms with Gasteiger partial charge in [0.15, 0.2) is 0 Å². The van der Waals surface area contributed by atoms with Gasteiger partial charge in [0.25, 0.3) is 0 Å². The van der Waals surface area contributed by atoms with Gasteiger partial charge in [-0.2, -0.15) is 11.8 Å². The van der Waals surface area contributed by atoms with Crippen molar-refractivity contribution in [2.24, 2.45) is 0 Å². The van der Waals surface area contributed by atoms with E-state index in [1.54, 1.807) is 6.92 Å². The van der Waals surface area contributed by atoms with Crippen LogP contribution in [0, 0.1) is 0 Å². The van der Waals surface area contributed by atoms with Crippen molar-refractivity contribution >= 4 is 29.5 Å². The number of nitrogens with zero attached hydrogens (tertiary/aromatic N) is 1. The number of likely N-dealkylation sites (tertiary alicyclic amines) is 1. The Morgan fingerprint density at radius 2 is 2.00 bits per heavy atom. The van der Waals surface area contributed by atoms with Crippen LogP contribution < -0.4 is 5.32 Å². The molecule has 1 atom stereocenters. The molecular formula is C11H18N2O4S. The van der Waals surface area contributed by atoms with Crippen LogP contribution in [0.4, 0.5) is 0 Å². The summed E-state index contributed by atoms with van der Waals surface area (Å²) in [6, 6.07) is 0. The summed E-state index contributed by atoms with van der Waals surface area (Å²) in [5, 5.41) is 12.4. The van der Waals surface area contributed by atoms with Crippen molar-refractivity contribution in [1.29, 1.82) is 0 Å². The van der Waals surface area contributed by atoms with Crippen LogP contribution in [0.15, 0.2) is 0 Å². The van der Waals surface area contributed by atoms with Crippen LogP contribution in [0.1, 0.15) is 19.8 Å². The van der Waals surface area contributed by atoms with Crippen LogP contribution >= 0.6 is 11.8 Å². The van der Waals surface area contributed by atoms with Crippen LogP contribution in [0.25, 0.3) is 0 Å². The summed E-state index contributed by atoms with van der Waals surface area (Å²) in [6.45, 7) is 1.46. The van der Waals surface area contributed by atoms with E-state index in [2.05, 4.69) is 5.32 Å². The van der Waals surface area contributed by atoms with Crippen LogP contribution in [-0.2, 0) is 14.4 Å². The molecule has 6 nitrogen and oxygen atoms in total. The first-order valence-electron chi connectivity index (χ1n) is 5.67. The Kier molecular flexibility index (Phi) is 5.15. The zero-order valence-corrected chi connectivity index (χ0v) is 11.4. The predicted octanol–water partition coefficient (Wildman–Crippen LogP) is -0.634. The molecule has 1 saturated heterocycles. The maximum Gasteiger partial charge on any atom is 0.240 e. The van der Waals surface area contributed by atoms with Gasteiger partial charge in [-0.25, -0.2) is 0 Å². The van der Waals surface area contributed by atoms with E-state index in [0.29, 0.717) is 5.75 Å². The number of hydrogen-bond donors (Lipinski definition) is 2. The van der Waals surface area contributed by atoms with Gasteiger partial charge < -0.3 is 10.4 Å². The third kappa shape index (κ3) is 4.30. The lowest BCUT2D eigenvalue weighted by atomic mass is 10.1. The van der Waals surface area contributed by atoms with Gasteiger partial charge in [0.1, 0.15) is 6.54 Å². The summed E-state index contributed by atoms with van der Waals surface area (Å²) >= 11 is 1.47. The standard InChI is InChI=1S/C11H18N2O4S/c1-11(17,7-18-2)6-12-8(14)5-13-9(15)3-4-10(13)16/h17H,3-7H2,1-2H3,(H,12,14). The molecule has 0 spiro atoms. The topological polar surface area (TPSA) is 86.7 Å². The Hall–Kier alpha value is -1.08. The van der Waals surface area contributed by atoms with Crippen LogP contribution in [0.5, 0.6) is 0 Å². The maximum atomic E-state index is 11.6. The van der Waals surface area contributed by atoms with E-state index in [1.165, 1.54) is 11.8 Å². The molecule has 1 unspecified atom stereocenters. The molecule has 3 amide bonds. The van der Waals surface area contributed by atoms with Crippen LogP contribution in [-0.4, -0.2) is 58.4 Å². The van der Waals surface area contributed by atoms with Gasteiger partial charge in [-0.05, 0) is 13.2 Å². The monoisotopic (exact) mass is 274 g/mol. The van der Waals surface area contributed by atoms with Crippen molar-refractivity contribution in [3.8, 4) is 0 Å². The fourth-order valence-corrected chi connectivity index (χ4v) is 2.37. The molecule has 0 aliphatic carbocycles. The molecular weight excluding hydrogens is 256 g/mol. The quantitative estimate of drug-likeness (QED) is 0.630. The second kappa shape index (κ2) is 6.19. The average Bonchev–Trinajstić information content (AvgIpc) is 2.58. The number of rotatable bonds is 6. The van der Waals surface area contributed by atoms with Crippen molar-refractivity contribution in [2.75, 3.05) is 25.1 Å². The Balaban J connectivity index is 2.38. The highest BCUT2D eigenvalue weighted by atomic mass is 32.2. The highest BCUT2D eigenvalue weighted by Crippen LogP contribution is 2.11. The summed E-state index contributed by atoms with van der Waals surface area (Å²) in [6.07, 6.45) is 2.21. The van der Waals surface area contributed by atoms with Crippen molar-refractivity contribution in [1.82, 2.24) is 10.2 Å². The Bertz CT molecular complexity index is 341. The molecule has 1 aliphatic rings. The molecule has 0 bridgehead atoms. The van der Waals surface area contributed by atoms with Crippen molar-refractivity contribution < 1.29 is 19.5 Å². The lowest BCUT2D eigenvalue weighted by Gasteiger charge is -2.23. The smallest absolute Gasteiger partial charge is 0.240 e. The van der Waals surface area contributed by atoms with Gasteiger partial charge in [-0.3, -0.25) is 19.3 Å². The molecule has 1 fully saturated rings. The minimum Gasteiger partial charge on any atom is -0.387 e. The second-order valence-electron chi connectivity index (χ2n) is 4.58. The molecule has 2 N–H and O–H groups in total. The minimum atomic E-state index is -0.992. The number of amides is 3. The van der Waals surface area contributed by atoms with Crippen LogP contribution in [0.3, 0.4) is 0 Å². The molecule has 0 aromatic heterocycles. The SMILES string of the molecule is CSCC(C)(O)CNC(=O)CN1C(=O)CCC1=O. The van der Waals surface area contributed by atoms with Gasteiger partial charge in [0.2, 0.25) is 17.7 Å². The first-order valence-corrected chi connectivity index (χ1v) is 7.06. The summed E-state index contributed by atoms with van der Waals surface area (Å²) in [5.41, 5.74) is -0.992. The average molecular weight is 274 g/mol. The van der Waals surface area contributed by atoms with E-state index in [1.807, 2.05) is 6.26 Å². The predicted molar refractivity (Wildman–Crippen MR) is 68.0 cm³/mol. The zero-order valence-electron chi connectivity index (χ0n) is 10.6. The number of carbonyl (C=O) groups excluding carboxylic acids is 3. The van der Waals surface area contributed by atoms with Gasteiger partial charge in [0, 0.05) is 25.1 Å². The third-order valence-corrected chi connectivity index (χ3v) is 3.49. The normalized spacial score (nSPS) is 18.9. The lowest BCUT2D eigenvalue weighted by molar-refractivity contribution is -0.142. The second-order valence-corrected chi connectivity index (χ2v) is 5.45. The molecule has 18 heavy (non-hydrogen) atoms. The molecule has 7 heteroatoms. The molecule has 1 aliphatic heterocycles. The van der Waals surface area contributed by atoms with E-state index < -0.39 is 11.5 Å². The number of hydrogen-bond acceptors (Lipinski definition) is 5. The number of nitrogens with one attached hydrogen (secondary N) is 1. The summed E-state index contributed by atoms with van der Waals surface area (Å²) in [4.78, 5) is 35.1. The molecule has 0 radical (unpaired) electrons. The van der Waals surface area contributed by atoms with Gasteiger partial charge in [-0.15, -0.1) is 0 Å².